The van der Waals surface area contributed by atoms with Gasteiger partial charge in [0.05, 0.1) is 4.47 Å². The van der Waals surface area contributed by atoms with E-state index in [1.807, 2.05) is 35.7 Å². The second-order valence-corrected chi connectivity index (χ2v) is 7.45. The lowest BCUT2D eigenvalue weighted by Crippen LogP contribution is -2.38. The standard InChI is InChI=1S/C12H15BrFNS2/c13-9-5-8(1-2-10(9)14)6-11(15)12-7-16-3-4-17-12/h1-2,5,11-12H,3-4,6-7,15H2. The molecule has 94 valence electrons. The number of hydrogen-bond donors (Lipinski definition) is 1. The molecule has 0 bridgehead atoms. The molecule has 1 aliphatic rings. The maximum atomic E-state index is 13.1. The van der Waals surface area contributed by atoms with Crippen LogP contribution in [0.5, 0.6) is 0 Å². The highest BCUT2D eigenvalue weighted by atomic mass is 79.9. The largest absolute Gasteiger partial charge is 0.326 e. The quantitative estimate of drug-likeness (QED) is 0.917. The van der Waals surface area contributed by atoms with Crippen molar-refractivity contribution in [2.45, 2.75) is 17.7 Å². The van der Waals surface area contributed by atoms with Crippen LogP contribution in [0.15, 0.2) is 22.7 Å². The summed E-state index contributed by atoms with van der Waals surface area (Å²) >= 11 is 7.15. The van der Waals surface area contributed by atoms with Crippen molar-refractivity contribution < 1.29 is 4.39 Å². The van der Waals surface area contributed by atoms with Crippen LogP contribution in [-0.2, 0) is 6.42 Å². The molecule has 0 saturated carbocycles. The van der Waals surface area contributed by atoms with Gasteiger partial charge in [0.1, 0.15) is 5.82 Å². The first kappa shape index (κ1) is 13.7. The molecular weight excluding hydrogens is 321 g/mol. The van der Waals surface area contributed by atoms with Crippen LogP contribution in [0.1, 0.15) is 5.56 Å². The molecule has 1 fully saturated rings. The Hall–Kier alpha value is 0.290. The van der Waals surface area contributed by atoms with Crippen molar-refractivity contribution in [2.24, 2.45) is 5.73 Å². The van der Waals surface area contributed by atoms with E-state index in [0.717, 1.165) is 17.7 Å². The van der Waals surface area contributed by atoms with Gasteiger partial charge in [0.25, 0.3) is 0 Å². The molecule has 0 radical (unpaired) electrons. The van der Waals surface area contributed by atoms with Gasteiger partial charge in [0.15, 0.2) is 0 Å². The third kappa shape index (κ3) is 3.88. The number of benzene rings is 1. The number of thioether (sulfide) groups is 2. The summed E-state index contributed by atoms with van der Waals surface area (Å²) in [5.41, 5.74) is 7.32. The van der Waals surface area contributed by atoms with Crippen LogP contribution >= 0.6 is 39.5 Å². The monoisotopic (exact) mass is 335 g/mol. The molecule has 5 heteroatoms. The minimum absolute atomic E-state index is 0.158. The Labute approximate surface area is 118 Å². The Morgan fingerprint density at radius 2 is 2.29 bits per heavy atom. The van der Waals surface area contributed by atoms with Crippen LogP contribution < -0.4 is 5.73 Å². The lowest BCUT2D eigenvalue weighted by Gasteiger charge is -2.26. The zero-order valence-corrected chi connectivity index (χ0v) is 12.6. The summed E-state index contributed by atoms with van der Waals surface area (Å²) < 4.78 is 13.6. The minimum atomic E-state index is -0.218. The first-order valence-electron chi connectivity index (χ1n) is 5.55. The Balaban J connectivity index is 1.96. The van der Waals surface area contributed by atoms with Crippen molar-refractivity contribution in [1.29, 1.82) is 0 Å². The highest BCUT2D eigenvalue weighted by Crippen LogP contribution is 2.27. The maximum Gasteiger partial charge on any atom is 0.137 e. The molecule has 2 atom stereocenters. The van der Waals surface area contributed by atoms with Crippen LogP contribution in [0, 0.1) is 5.82 Å². The topological polar surface area (TPSA) is 26.0 Å². The molecule has 2 unspecified atom stereocenters. The lowest BCUT2D eigenvalue weighted by molar-refractivity contribution is 0.617. The third-order valence-corrected chi connectivity index (χ3v) is 6.32. The van der Waals surface area contributed by atoms with Crippen molar-refractivity contribution in [3.8, 4) is 0 Å². The van der Waals surface area contributed by atoms with Gasteiger partial charge in [-0.3, -0.25) is 0 Å². The van der Waals surface area contributed by atoms with Gasteiger partial charge in [-0.05, 0) is 40.0 Å². The highest BCUT2D eigenvalue weighted by molar-refractivity contribution is 9.10. The molecule has 1 saturated heterocycles. The average molecular weight is 336 g/mol. The van der Waals surface area contributed by atoms with Gasteiger partial charge in [0, 0.05) is 28.6 Å². The second kappa shape index (κ2) is 6.45. The Morgan fingerprint density at radius 1 is 1.47 bits per heavy atom. The van der Waals surface area contributed by atoms with E-state index >= 15 is 0 Å². The van der Waals surface area contributed by atoms with Crippen LogP contribution in [0.2, 0.25) is 0 Å². The van der Waals surface area contributed by atoms with Crippen molar-refractivity contribution >= 4 is 39.5 Å². The first-order chi connectivity index (χ1) is 8.16. The fraction of sp³-hybridized carbons (Fsp3) is 0.500. The molecule has 2 rings (SSSR count). The van der Waals surface area contributed by atoms with Crippen LogP contribution in [0.25, 0.3) is 0 Å². The summed E-state index contributed by atoms with van der Waals surface area (Å²) in [5.74, 6) is 3.34. The van der Waals surface area contributed by atoms with E-state index in [1.165, 1.54) is 17.6 Å². The lowest BCUT2D eigenvalue weighted by atomic mass is 10.0. The van der Waals surface area contributed by atoms with E-state index in [2.05, 4.69) is 15.9 Å². The van der Waals surface area contributed by atoms with Gasteiger partial charge in [-0.2, -0.15) is 23.5 Å². The summed E-state index contributed by atoms with van der Waals surface area (Å²) in [6.45, 7) is 0. The predicted molar refractivity (Wildman–Crippen MR) is 79.4 cm³/mol. The highest BCUT2D eigenvalue weighted by Gasteiger charge is 2.21. The summed E-state index contributed by atoms with van der Waals surface area (Å²) in [6, 6.07) is 5.30. The summed E-state index contributed by atoms with van der Waals surface area (Å²) in [5, 5.41) is 0.526. The molecule has 2 N–H and O–H groups in total. The molecule has 0 spiro atoms. The Bertz CT molecular complexity index is 383. The molecule has 0 aromatic heterocycles. The van der Waals surface area contributed by atoms with Gasteiger partial charge in [-0.25, -0.2) is 4.39 Å². The Kier molecular flexibility index (Phi) is 5.21. The van der Waals surface area contributed by atoms with Crippen LogP contribution in [0.4, 0.5) is 4.39 Å². The molecule has 17 heavy (non-hydrogen) atoms. The molecule has 0 amide bonds. The summed E-state index contributed by atoms with van der Waals surface area (Å²) in [6.07, 6.45) is 0.817. The molecule has 1 aliphatic heterocycles. The van der Waals surface area contributed by atoms with Gasteiger partial charge in [-0.15, -0.1) is 0 Å². The molecule has 1 nitrogen and oxygen atoms in total. The second-order valence-electron chi connectivity index (χ2n) is 4.10. The van der Waals surface area contributed by atoms with Crippen molar-refractivity contribution in [3.63, 3.8) is 0 Å². The fourth-order valence-corrected chi connectivity index (χ4v) is 5.07. The van der Waals surface area contributed by atoms with Gasteiger partial charge >= 0.3 is 0 Å². The third-order valence-electron chi connectivity index (χ3n) is 2.77. The number of nitrogens with two attached hydrogens (primary N) is 1. The van der Waals surface area contributed by atoms with E-state index in [9.17, 15) is 4.39 Å². The van der Waals surface area contributed by atoms with Crippen LogP contribution in [-0.4, -0.2) is 28.6 Å². The number of hydrogen-bond acceptors (Lipinski definition) is 3. The molecule has 1 heterocycles. The van der Waals surface area contributed by atoms with Crippen molar-refractivity contribution in [2.75, 3.05) is 17.3 Å². The SMILES string of the molecule is NC(Cc1ccc(F)c(Br)c1)C1CSCCS1. The molecule has 1 aromatic carbocycles. The predicted octanol–water partition coefficient (Wildman–Crippen LogP) is 3.31. The molecular formula is C12H15BrFNS2. The van der Waals surface area contributed by atoms with Gasteiger partial charge < -0.3 is 5.73 Å². The smallest absolute Gasteiger partial charge is 0.137 e. The van der Waals surface area contributed by atoms with Crippen molar-refractivity contribution in [1.82, 2.24) is 0 Å². The van der Waals surface area contributed by atoms with E-state index in [-0.39, 0.29) is 11.9 Å². The summed E-state index contributed by atoms with van der Waals surface area (Å²) in [4.78, 5) is 0. The number of halogens is 2. The molecule has 1 aromatic rings. The van der Waals surface area contributed by atoms with E-state index in [4.69, 9.17) is 5.73 Å². The van der Waals surface area contributed by atoms with E-state index in [0.29, 0.717) is 9.72 Å². The first-order valence-corrected chi connectivity index (χ1v) is 8.55. The van der Waals surface area contributed by atoms with Gasteiger partial charge in [0.2, 0.25) is 0 Å². The molecule has 0 aliphatic carbocycles. The maximum absolute atomic E-state index is 13.1. The summed E-state index contributed by atoms with van der Waals surface area (Å²) in [7, 11) is 0. The fourth-order valence-electron chi connectivity index (χ4n) is 1.82. The minimum Gasteiger partial charge on any atom is -0.326 e. The zero-order chi connectivity index (χ0) is 12.3. The average Bonchev–Trinajstić information content (AvgIpc) is 2.35. The normalized spacial score (nSPS) is 22.4. The van der Waals surface area contributed by atoms with Crippen molar-refractivity contribution in [3.05, 3.63) is 34.1 Å². The number of rotatable bonds is 3. The van der Waals surface area contributed by atoms with E-state index in [1.54, 1.807) is 0 Å². The van der Waals surface area contributed by atoms with E-state index < -0.39 is 0 Å². The van der Waals surface area contributed by atoms with Gasteiger partial charge in [-0.1, -0.05) is 6.07 Å². The Morgan fingerprint density at radius 3 is 2.94 bits per heavy atom. The van der Waals surface area contributed by atoms with Crippen LogP contribution in [0.3, 0.4) is 0 Å². The zero-order valence-electron chi connectivity index (χ0n) is 9.36.